The first-order valence-corrected chi connectivity index (χ1v) is 11.7. The summed E-state index contributed by atoms with van der Waals surface area (Å²) in [5, 5.41) is 0.775. The van der Waals surface area contributed by atoms with Crippen molar-refractivity contribution in [2.75, 3.05) is 31.8 Å². The molecule has 0 spiro atoms. The molecule has 0 radical (unpaired) electrons. The molecule has 1 aliphatic heterocycles. The standard InChI is InChI=1S/C21H27NO7S/c1-14(2)10-22(16-6-7-30(25,26)13-16)20(23)12-29-21(24)8-15-11-28-19-9-17(27-3)4-5-18(15)19/h4-5,9,11,14,16H,6-8,10,12-13H2,1-3H3/t16-/m1/s1. The van der Waals surface area contributed by atoms with Gasteiger partial charge in [0.25, 0.3) is 5.91 Å². The number of nitrogens with zero attached hydrogens (tertiary/aromatic N) is 1. The lowest BCUT2D eigenvalue weighted by Gasteiger charge is -2.29. The molecule has 30 heavy (non-hydrogen) atoms. The van der Waals surface area contributed by atoms with Gasteiger partial charge in [-0.25, -0.2) is 8.42 Å². The first-order valence-electron chi connectivity index (χ1n) is 9.88. The molecule has 0 aliphatic carbocycles. The van der Waals surface area contributed by atoms with Gasteiger partial charge >= 0.3 is 5.97 Å². The minimum absolute atomic E-state index is 0.0331. The molecule has 0 unspecified atom stereocenters. The molecule has 0 saturated carbocycles. The maximum absolute atomic E-state index is 12.7. The molecule has 3 rings (SSSR count). The maximum Gasteiger partial charge on any atom is 0.310 e. The average molecular weight is 438 g/mol. The zero-order valence-corrected chi connectivity index (χ0v) is 18.2. The van der Waals surface area contributed by atoms with Crippen LogP contribution in [0.5, 0.6) is 5.75 Å². The quantitative estimate of drug-likeness (QED) is 0.583. The van der Waals surface area contributed by atoms with Gasteiger partial charge in [-0.05, 0) is 24.5 Å². The van der Waals surface area contributed by atoms with Crippen LogP contribution in [0.1, 0.15) is 25.8 Å². The van der Waals surface area contributed by atoms with E-state index in [4.69, 9.17) is 13.9 Å². The van der Waals surface area contributed by atoms with Crippen molar-refractivity contribution in [1.29, 1.82) is 0 Å². The lowest BCUT2D eigenvalue weighted by Crippen LogP contribution is -2.45. The number of hydrogen-bond donors (Lipinski definition) is 0. The molecule has 8 nitrogen and oxygen atoms in total. The number of methoxy groups -OCH3 is 1. The molecule has 1 aromatic heterocycles. The Hall–Kier alpha value is -2.55. The van der Waals surface area contributed by atoms with Crippen LogP contribution in [0.25, 0.3) is 11.0 Å². The van der Waals surface area contributed by atoms with Gasteiger partial charge in [-0.3, -0.25) is 9.59 Å². The van der Waals surface area contributed by atoms with E-state index in [0.717, 1.165) is 5.39 Å². The lowest BCUT2D eigenvalue weighted by atomic mass is 10.1. The molecule has 1 amide bonds. The molecule has 1 aliphatic rings. The summed E-state index contributed by atoms with van der Waals surface area (Å²) < 4.78 is 39.4. The molecule has 1 aromatic carbocycles. The molecule has 0 bridgehead atoms. The van der Waals surface area contributed by atoms with Crippen molar-refractivity contribution in [3.05, 3.63) is 30.0 Å². The van der Waals surface area contributed by atoms with Crippen molar-refractivity contribution in [3.8, 4) is 5.75 Å². The maximum atomic E-state index is 12.7. The first kappa shape index (κ1) is 22.1. The smallest absolute Gasteiger partial charge is 0.310 e. The number of amides is 1. The van der Waals surface area contributed by atoms with Gasteiger partial charge < -0.3 is 18.8 Å². The van der Waals surface area contributed by atoms with Gasteiger partial charge in [-0.15, -0.1) is 0 Å². The van der Waals surface area contributed by atoms with Crippen LogP contribution >= 0.6 is 0 Å². The number of benzene rings is 1. The molecule has 1 saturated heterocycles. The summed E-state index contributed by atoms with van der Waals surface area (Å²) in [5.41, 5.74) is 1.25. The average Bonchev–Trinajstić information content (AvgIpc) is 3.26. The number of carbonyl (C=O) groups excluding carboxylic acids is 2. The monoisotopic (exact) mass is 437 g/mol. The van der Waals surface area contributed by atoms with Crippen LogP contribution in [-0.4, -0.2) is 63.0 Å². The Bertz CT molecular complexity index is 1030. The van der Waals surface area contributed by atoms with Crippen LogP contribution in [0.15, 0.2) is 28.9 Å². The van der Waals surface area contributed by atoms with Gasteiger partial charge in [0.05, 0.1) is 31.3 Å². The highest BCUT2D eigenvalue weighted by Crippen LogP contribution is 2.26. The predicted molar refractivity (Wildman–Crippen MR) is 111 cm³/mol. The van der Waals surface area contributed by atoms with E-state index in [0.29, 0.717) is 29.9 Å². The normalized spacial score (nSPS) is 17.9. The molecule has 0 N–H and O–H groups in total. The summed E-state index contributed by atoms with van der Waals surface area (Å²) in [4.78, 5) is 26.5. The number of esters is 1. The van der Waals surface area contributed by atoms with Crippen LogP contribution in [-0.2, 0) is 30.6 Å². The molecular weight excluding hydrogens is 410 g/mol. The number of ether oxygens (including phenoxy) is 2. The Balaban J connectivity index is 1.60. The second-order valence-corrected chi connectivity index (χ2v) is 10.2. The van der Waals surface area contributed by atoms with Gasteiger partial charge in [0.15, 0.2) is 16.4 Å². The highest BCUT2D eigenvalue weighted by atomic mass is 32.2. The van der Waals surface area contributed by atoms with Crippen molar-refractivity contribution in [2.24, 2.45) is 5.92 Å². The zero-order chi connectivity index (χ0) is 21.9. The number of rotatable bonds is 8. The van der Waals surface area contributed by atoms with E-state index >= 15 is 0 Å². The second kappa shape index (κ2) is 9.07. The first-order chi connectivity index (χ1) is 14.2. The lowest BCUT2D eigenvalue weighted by molar-refractivity contribution is -0.152. The van der Waals surface area contributed by atoms with E-state index in [2.05, 4.69) is 0 Å². The van der Waals surface area contributed by atoms with E-state index in [1.54, 1.807) is 30.2 Å². The van der Waals surface area contributed by atoms with Gasteiger partial charge in [0.2, 0.25) is 0 Å². The fourth-order valence-corrected chi connectivity index (χ4v) is 5.36. The SMILES string of the molecule is COc1ccc2c(CC(=O)OCC(=O)N(CC(C)C)[C@@H]3CCS(=O)(=O)C3)coc2c1. The number of carbonyl (C=O) groups is 2. The molecule has 1 fully saturated rings. The van der Waals surface area contributed by atoms with Gasteiger partial charge in [0, 0.05) is 29.6 Å². The van der Waals surface area contributed by atoms with Crippen molar-refractivity contribution in [2.45, 2.75) is 32.7 Å². The highest BCUT2D eigenvalue weighted by Gasteiger charge is 2.35. The minimum Gasteiger partial charge on any atom is -0.497 e. The van der Waals surface area contributed by atoms with Crippen molar-refractivity contribution in [1.82, 2.24) is 4.90 Å². The van der Waals surface area contributed by atoms with Gasteiger partial charge in [0.1, 0.15) is 11.3 Å². The number of furan rings is 1. The van der Waals surface area contributed by atoms with Crippen molar-refractivity contribution < 1.29 is 31.9 Å². The van der Waals surface area contributed by atoms with E-state index in [1.165, 1.54) is 6.26 Å². The van der Waals surface area contributed by atoms with Crippen LogP contribution in [0.4, 0.5) is 0 Å². The van der Waals surface area contributed by atoms with Crippen LogP contribution in [0.2, 0.25) is 0 Å². The van der Waals surface area contributed by atoms with Gasteiger partial charge in [-0.2, -0.15) is 0 Å². The number of sulfone groups is 1. The summed E-state index contributed by atoms with van der Waals surface area (Å²) in [5.74, 6) is -0.0639. The zero-order valence-electron chi connectivity index (χ0n) is 17.4. The predicted octanol–water partition coefficient (Wildman–Crippen LogP) is 2.20. The fraction of sp³-hybridized carbons (Fsp3) is 0.524. The van der Waals surface area contributed by atoms with E-state index < -0.39 is 22.4 Å². The van der Waals surface area contributed by atoms with Crippen molar-refractivity contribution in [3.63, 3.8) is 0 Å². The Labute approximate surface area is 176 Å². The highest BCUT2D eigenvalue weighted by molar-refractivity contribution is 7.91. The fourth-order valence-electron chi connectivity index (χ4n) is 3.63. The summed E-state index contributed by atoms with van der Waals surface area (Å²) >= 11 is 0. The Morgan fingerprint density at radius 3 is 2.70 bits per heavy atom. The summed E-state index contributed by atoms with van der Waals surface area (Å²) in [6.07, 6.45) is 1.87. The molecule has 9 heteroatoms. The summed E-state index contributed by atoms with van der Waals surface area (Å²) in [7, 11) is -1.56. The largest absolute Gasteiger partial charge is 0.497 e. The Morgan fingerprint density at radius 1 is 1.30 bits per heavy atom. The van der Waals surface area contributed by atoms with E-state index in [1.807, 2.05) is 13.8 Å². The molecule has 1 atom stereocenters. The number of hydrogen-bond acceptors (Lipinski definition) is 7. The molecular formula is C21H27NO7S. The van der Waals surface area contributed by atoms with Crippen LogP contribution in [0, 0.1) is 5.92 Å². The van der Waals surface area contributed by atoms with Crippen LogP contribution in [0.3, 0.4) is 0 Å². The van der Waals surface area contributed by atoms with Crippen LogP contribution < -0.4 is 4.74 Å². The van der Waals surface area contributed by atoms with Gasteiger partial charge in [-0.1, -0.05) is 13.8 Å². The second-order valence-electron chi connectivity index (χ2n) is 7.96. The third kappa shape index (κ3) is 5.33. The molecule has 2 aromatic rings. The Morgan fingerprint density at radius 2 is 2.07 bits per heavy atom. The molecule has 164 valence electrons. The molecule has 2 heterocycles. The number of fused-ring (bicyclic) bond motifs is 1. The van der Waals surface area contributed by atoms with E-state index in [-0.39, 0.29) is 35.8 Å². The third-order valence-electron chi connectivity index (χ3n) is 5.09. The summed E-state index contributed by atoms with van der Waals surface area (Å²) in [6, 6.07) is 4.94. The minimum atomic E-state index is -3.12. The van der Waals surface area contributed by atoms with E-state index in [9.17, 15) is 18.0 Å². The topological polar surface area (TPSA) is 103 Å². The summed E-state index contributed by atoms with van der Waals surface area (Å²) in [6.45, 7) is 3.92. The Kier molecular flexibility index (Phi) is 6.70. The van der Waals surface area contributed by atoms with Crippen molar-refractivity contribution >= 4 is 32.7 Å². The third-order valence-corrected chi connectivity index (χ3v) is 6.84.